The Labute approximate surface area is 67.5 Å². The molecule has 0 radical (unpaired) electrons. The van der Waals surface area contributed by atoms with Gasteiger partial charge in [0.15, 0.2) is 0 Å². The zero-order valence-corrected chi connectivity index (χ0v) is 8.80. The molecule has 4 heteroatoms. The van der Waals surface area contributed by atoms with E-state index in [4.69, 9.17) is 5.11 Å². The van der Waals surface area contributed by atoms with Crippen LogP contribution in [-0.2, 0) is 19.5 Å². The Morgan fingerprint density at radius 3 is 2.00 bits per heavy atom. The predicted molar refractivity (Wildman–Crippen MR) is 33.7 cm³/mol. The van der Waals surface area contributed by atoms with Gasteiger partial charge in [0.25, 0.3) is 0 Å². The number of hydrogen-bond acceptors (Lipinski definition) is 3. The fourth-order valence-electron chi connectivity index (χ4n) is 0.0577. The van der Waals surface area contributed by atoms with Crippen LogP contribution in [0.5, 0.6) is 0 Å². The van der Waals surface area contributed by atoms with Gasteiger partial charge in [-0.1, -0.05) is 0 Å². The van der Waals surface area contributed by atoms with Gasteiger partial charge in [-0.3, -0.25) is 0 Å². The average molecular weight is 190 g/mol. The Bertz CT molecular complexity index is 32.1. The fraction of sp³-hybridized carbons (Fsp3) is 1.00. The van der Waals surface area contributed by atoms with Crippen LogP contribution in [0.2, 0.25) is 0 Å². The molecule has 0 rings (SSSR count). The van der Waals surface area contributed by atoms with Crippen LogP contribution in [0.25, 0.3) is 0 Å². The van der Waals surface area contributed by atoms with Gasteiger partial charge in [0.1, 0.15) is 0 Å². The molecule has 0 aliphatic heterocycles. The van der Waals surface area contributed by atoms with Crippen molar-refractivity contribution >= 4 is 25.3 Å². The largest absolute Gasteiger partial charge is 0.395 e. The molecule has 0 bridgehead atoms. The zero-order chi connectivity index (χ0) is 4.99. The van der Waals surface area contributed by atoms with Crippen LogP contribution >= 0.6 is 25.3 Å². The minimum Gasteiger partial charge on any atom is -0.395 e. The van der Waals surface area contributed by atoms with Crippen LogP contribution in [0.1, 0.15) is 0 Å². The van der Waals surface area contributed by atoms with E-state index in [9.17, 15) is 0 Å². The van der Waals surface area contributed by atoms with Crippen molar-refractivity contribution in [3.8, 4) is 0 Å². The van der Waals surface area contributed by atoms with Gasteiger partial charge in [0.2, 0.25) is 0 Å². The topological polar surface area (TPSA) is 20.2 Å². The van der Waals surface area contributed by atoms with Crippen LogP contribution in [0.15, 0.2) is 0 Å². The van der Waals surface area contributed by atoms with E-state index in [0.717, 1.165) is 0 Å². The summed E-state index contributed by atoms with van der Waals surface area (Å²) in [6, 6.07) is 0. The molecule has 0 saturated heterocycles. The zero-order valence-electron chi connectivity index (χ0n) is 4.04. The molecule has 1 atom stereocenters. The number of aliphatic hydroxyl groups is 1. The van der Waals surface area contributed by atoms with Crippen molar-refractivity contribution in [2.75, 3.05) is 12.4 Å². The molecule has 0 aromatic heterocycles. The van der Waals surface area contributed by atoms with Gasteiger partial charge in [-0.25, -0.2) is 0 Å². The molecule has 0 aliphatic rings. The SMILES string of the molecule is OCC(S)CS.[Zn]. The van der Waals surface area contributed by atoms with Crippen molar-refractivity contribution < 1.29 is 24.6 Å². The van der Waals surface area contributed by atoms with E-state index < -0.39 is 0 Å². The fourth-order valence-corrected chi connectivity index (χ4v) is 0.173. The van der Waals surface area contributed by atoms with Crippen molar-refractivity contribution in [1.29, 1.82) is 0 Å². The summed E-state index contributed by atoms with van der Waals surface area (Å²) in [6.45, 7) is 0.118. The maximum atomic E-state index is 8.21. The van der Waals surface area contributed by atoms with Crippen LogP contribution in [0.3, 0.4) is 0 Å². The van der Waals surface area contributed by atoms with Crippen molar-refractivity contribution in [2.24, 2.45) is 0 Å². The van der Waals surface area contributed by atoms with Crippen molar-refractivity contribution in [3.63, 3.8) is 0 Å². The predicted octanol–water partition coefficient (Wildman–Crippen LogP) is 0.204. The molecular weight excluding hydrogens is 182 g/mol. The van der Waals surface area contributed by atoms with Crippen molar-refractivity contribution in [1.82, 2.24) is 0 Å². The minimum absolute atomic E-state index is 0. The first-order valence-corrected chi connectivity index (χ1v) is 2.86. The van der Waals surface area contributed by atoms with E-state index in [1.165, 1.54) is 0 Å². The maximum Gasteiger partial charge on any atom is 0.0555 e. The van der Waals surface area contributed by atoms with Gasteiger partial charge in [-0.2, -0.15) is 25.3 Å². The molecule has 1 N–H and O–H groups in total. The normalized spacial score (nSPS) is 12.4. The van der Waals surface area contributed by atoms with Crippen LogP contribution in [0.4, 0.5) is 0 Å². The molecule has 40 valence electrons. The molecule has 0 aromatic carbocycles. The van der Waals surface area contributed by atoms with Crippen LogP contribution in [0, 0.1) is 0 Å². The van der Waals surface area contributed by atoms with E-state index >= 15 is 0 Å². The minimum atomic E-state index is 0. The molecule has 1 nitrogen and oxygen atoms in total. The third-order valence-corrected chi connectivity index (χ3v) is 1.50. The van der Waals surface area contributed by atoms with E-state index in [-0.39, 0.29) is 31.3 Å². The molecule has 0 fully saturated rings. The first-order valence-electron chi connectivity index (χ1n) is 1.71. The molecular formula is C3H8OS2Zn. The first kappa shape index (κ1) is 11.1. The molecule has 0 heterocycles. The summed E-state index contributed by atoms with van der Waals surface area (Å²) in [5.74, 6) is 0.639. The van der Waals surface area contributed by atoms with E-state index in [1.807, 2.05) is 0 Å². The van der Waals surface area contributed by atoms with E-state index in [2.05, 4.69) is 25.3 Å². The van der Waals surface area contributed by atoms with E-state index in [1.54, 1.807) is 0 Å². The number of hydrogen-bond donors (Lipinski definition) is 3. The summed E-state index contributed by atoms with van der Waals surface area (Å²) in [4.78, 5) is 0. The Hall–Kier alpha value is 1.28. The standard InChI is InChI=1S/C3H8OS2.Zn/c4-1-3(6)2-5;/h3-6H,1-2H2;. The quantitative estimate of drug-likeness (QED) is 0.419. The second-order valence-electron chi connectivity index (χ2n) is 1.02. The molecule has 0 spiro atoms. The Balaban J connectivity index is 0. The summed E-state index contributed by atoms with van der Waals surface area (Å²) in [7, 11) is 0. The Morgan fingerprint density at radius 2 is 2.00 bits per heavy atom. The third kappa shape index (κ3) is 7.28. The Morgan fingerprint density at radius 1 is 1.57 bits per heavy atom. The summed E-state index contributed by atoms with van der Waals surface area (Å²) < 4.78 is 0. The van der Waals surface area contributed by atoms with Gasteiger partial charge < -0.3 is 5.11 Å². The summed E-state index contributed by atoms with van der Waals surface area (Å²) in [5.41, 5.74) is 0. The molecule has 0 saturated carbocycles. The number of aliphatic hydroxyl groups excluding tert-OH is 1. The van der Waals surface area contributed by atoms with Crippen molar-refractivity contribution in [3.05, 3.63) is 0 Å². The second kappa shape index (κ2) is 7.28. The summed E-state index contributed by atoms with van der Waals surface area (Å²) in [5, 5.41) is 8.26. The van der Waals surface area contributed by atoms with Gasteiger partial charge in [0.05, 0.1) is 6.61 Å². The van der Waals surface area contributed by atoms with Gasteiger partial charge in [0, 0.05) is 30.5 Å². The Kier molecular flexibility index (Phi) is 11.6. The van der Waals surface area contributed by atoms with Gasteiger partial charge >= 0.3 is 0 Å². The smallest absolute Gasteiger partial charge is 0.0555 e. The summed E-state index contributed by atoms with van der Waals surface area (Å²) in [6.07, 6.45) is 0. The third-order valence-electron chi connectivity index (χ3n) is 0.421. The summed E-state index contributed by atoms with van der Waals surface area (Å²) >= 11 is 7.76. The second-order valence-corrected chi connectivity index (χ2v) is 2.11. The van der Waals surface area contributed by atoms with Crippen LogP contribution < -0.4 is 0 Å². The molecule has 7 heavy (non-hydrogen) atoms. The molecule has 0 aliphatic carbocycles. The molecule has 1 unspecified atom stereocenters. The van der Waals surface area contributed by atoms with Gasteiger partial charge in [-0.15, -0.1) is 0 Å². The maximum absolute atomic E-state index is 8.21. The molecule has 0 amide bonds. The number of rotatable bonds is 2. The first-order chi connectivity index (χ1) is 2.81. The van der Waals surface area contributed by atoms with Gasteiger partial charge in [-0.05, 0) is 0 Å². The average Bonchev–Trinajstić information content (AvgIpc) is 1.65. The molecule has 0 aromatic rings. The van der Waals surface area contributed by atoms with Crippen molar-refractivity contribution in [2.45, 2.75) is 5.25 Å². The number of thiol groups is 2. The monoisotopic (exact) mass is 188 g/mol. The van der Waals surface area contributed by atoms with E-state index in [0.29, 0.717) is 5.75 Å². The van der Waals surface area contributed by atoms with Crippen LogP contribution in [-0.4, -0.2) is 22.7 Å².